The van der Waals surface area contributed by atoms with Gasteiger partial charge in [0.15, 0.2) is 0 Å². The molecule has 0 radical (unpaired) electrons. The number of aliphatic hydroxyl groups is 2. The van der Waals surface area contributed by atoms with E-state index in [0.717, 1.165) is 18.9 Å². The zero-order chi connectivity index (χ0) is 19.3. The highest BCUT2D eigenvalue weighted by Gasteiger charge is 2.03. The van der Waals surface area contributed by atoms with E-state index in [2.05, 4.69) is 19.2 Å². The maximum Gasteiger partial charge on any atom is 0.0897 e. The Morgan fingerprint density at radius 3 is 1.92 bits per heavy atom. The summed E-state index contributed by atoms with van der Waals surface area (Å²) in [6.07, 6.45) is 17.1. The first-order valence-electron chi connectivity index (χ1n) is 11.3. The van der Waals surface area contributed by atoms with E-state index in [9.17, 15) is 5.11 Å². The summed E-state index contributed by atoms with van der Waals surface area (Å²) in [7, 11) is 0. The van der Waals surface area contributed by atoms with Gasteiger partial charge in [-0.3, -0.25) is 0 Å². The van der Waals surface area contributed by atoms with Crippen LogP contribution in [0.1, 0.15) is 97.3 Å². The minimum Gasteiger partial charge on any atom is -0.395 e. The van der Waals surface area contributed by atoms with Gasteiger partial charge in [0.1, 0.15) is 0 Å². The highest BCUT2D eigenvalue weighted by Crippen LogP contribution is 2.15. The quantitative estimate of drug-likeness (QED) is 0.256. The molecule has 0 aliphatic carbocycles. The van der Waals surface area contributed by atoms with E-state index in [1.165, 1.54) is 77.0 Å². The highest BCUT2D eigenvalue weighted by atomic mass is 16.5. The van der Waals surface area contributed by atoms with Gasteiger partial charge in [0.2, 0.25) is 0 Å². The van der Waals surface area contributed by atoms with Crippen molar-refractivity contribution >= 4 is 0 Å². The van der Waals surface area contributed by atoms with Crippen LogP contribution < -0.4 is 5.32 Å². The zero-order valence-electron chi connectivity index (χ0n) is 17.7. The predicted octanol–water partition coefficient (Wildman–Crippen LogP) is 4.67. The summed E-state index contributed by atoms with van der Waals surface area (Å²) < 4.78 is 5.49. The van der Waals surface area contributed by atoms with E-state index < -0.39 is 6.10 Å². The lowest BCUT2D eigenvalue weighted by molar-refractivity contribution is 0.0350. The lowest BCUT2D eigenvalue weighted by atomic mass is 9.99. The first-order valence-corrected chi connectivity index (χ1v) is 11.3. The van der Waals surface area contributed by atoms with Gasteiger partial charge >= 0.3 is 0 Å². The molecule has 158 valence electrons. The molecular weight excluding hydrogens is 326 g/mol. The molecular formula is C22H47NO3. The summed E-state index contributed by atoms with van der Waals surface area (Å²) in [4.78, 5) is 0. The number of rotatable bonds is 21. The molecule has 0 amide bonds. The van der Waals surface area contributed by atoms with E-state index in [1.54, 1.807) is 0 Å². The molecule has 0 saturated heterocycles. The molecule has 0 fully saturated rings. The Balaban J connectivity index is 3.09. The molecule has 0 bridgehead atoms. The second-order valence-corrected chi connectivity index (χ2v) is 7.85. The van der Waals surface area contributed by atoms with Crippen molar-refractivity contribution in [3.8, 4) is 0 Å². The SMILES string of the molecule is CCC(C)CCCCCCCCCCCCCOCC(O)CNCCO. The van der Waals surface area contributed by atoms with E-state index in [-0.39, 0.29) is 6.61 Å². The van der Waals surface area contributed by atoms with Crippen LogP contribution in [0.3, 0.4) is 0 Å². The Morgan fingerprint density at radius 1 is 0.846 bits per heavy atom. The summed E-state index contributed by atoms with van der Waals surface area (Å²) in [5, 5.41) is 21.2. The lowest BCUT2D eigenvalue weighted by Gasteiger charge is -2.11. The third kappa shape index (κ3) is 20.2. The van der Waals surface area contributed by atoms with E-state index in [1.807, 2.05) is 0 Å². The lowest BCUT2D eigenvalue weighted by Crippen LogP contribution is -2.32. The van der Waals surface area contributed by atoms with E-state index in [0.29, 0.717) is 19.7 Å². The molecule has 2 unspecified atom stereocenters. The molecule has 0 aromatic carbocycles. The van der Waals surface area contributed by atoms with Gasteiger partial charge in [-0.05, 0) is 12.3 Å². The second-order valence-electron chi connectivity index (χ2n) is 7.85. The summed E-state index contributed by atoms with van der Waals surface area (Å²) >= 11 is 0. The monoisotopic (exact) mass is 373 g/mol. The maximum absolute atomic E-state index is 9.63. The van der Waals surface area contributed by atoms with Crippen molar-refractivity contribution in [2.45, 2.75) is 103 Å². The molecule has 0 aliphatic heterocycles. The summed E-state index contributed by atoms with van der Waals surface area (Å²) in [6, 6.07) is 0. The van der Waals surface area contributed by atoms with Gasteiger partial charge in [0.25, 0.3) is 0 Å². The smallest absolute Gasteiger partial charge is 0.0897 e. The average molecular weight is 374 g/mol. The predicted molar refractivity (Wildman–Crippen MR) is 112 cm³/mol. The van der Waals surface area contributed by atoms with Crippen LogP contribution >= 0.6 is 0 Å². The van der Waals surface area contributed by atoms with Crippen LogP contribution in [0.4, 0.5) is 0 Å². The maximum atomic E-state index is 9.63. The third-order valence-electron chi connectivity index (χ3n) is 5.16. The van der Waals surface area contributed by atoms with E-state index in [4.69, 9.17) is 9.84 Å². The van der Waals surface area contributed by atoms with Crippen LogP contribution in [-0.2, 0) is 4.74 Å². The number of unbranched alkanes of at least 4 members (excludes halogenated alkanes) is 10. The largest absolute Gasteiger partial charge is 0.395 e. The van der Waals surface area contributed by atoms with Gasteiger partial charge in [-0.1, -0.05) is 90.9 Å². The molecule has 26 heavy (non-hydrogen) atoms. The molecule has 4 heteroatoms. The molecule has 0 saturated carbocycles. The molecule has 0 spiro atoms. The van der Waals surface area contributed by atoms with Gasteiger partial charge < -0.3 is 20.3 Å². The standard InChI is InChI=1S/C22H47NO3/c1-3-21(2)15-13-11-9-7-5-4-6-8-10-12-14-18-26-20-22(25)19-23-16-17-24/h21-25H,3-20H2,1-2H3. The minimum absolute atomic E-state index is 0.103. The number of ether oxygens (including phenoxy) is 1. The summed E-state index contributed by atoms with van der Waals surface area (Å²) in [6.45, 7) is 6.90. The van der Waals surface area contributed by atoms with Crippen LogP contribution in [0.2, 0.25) is 0 Å². The highest BCUT2D eigenvalue weighted by molar-refractivity contribution is 4.58. The molecule has 3 N–H and O–H groups in total. The fraction of sp³-hybridized carbons (Fsp3) is 1.00. The minimum atomic E-state index is -0.475. The van der Waals surface area contributed by atoms with Gasteiger partial charge in [-0.25, -0.2) is 0 Å². The molecule has 0 aliphatic rings. The van der Waals surface area contributed by atoms with Crippen molar-refractivity contribution in [1.29, 1.82) is 0 Å². The molecule has 0 aromatic heterocycles. The molecule has 0 heterocycles. The van der Waals surface area contributed by atoms with Gasteiger partial charge in [0, 0.05) is 19.7 Å². The van der Waals surface area contributed by atoms with E-state index >= 15 is 0 Å². The fourth-order valence-corrected chi connectivity index (χ4v) is 3.12. The van der Waals surface area contributed by atoms with Gasteiger partial charge in [-0.15, -0.1) is 0 Å². The Morgan fingerprint density at radius 2 is 1.38 bits per heavy atom. The van der Waals surface area contributed by atoms with Crippen molar-refractivity contribution in [2.24, 2.45) is 5.92 Å². The average Bonchev–Trinajstić information content (AvgIpc) is 2.64. The molecule has 0 aromatic rings. The normalized spacial score (nSPS) is 13.8. The molecule has 0 rings (SSSR count). The van der Waals surface area contributed by atoms with Gasteiger partial charge in [-0.2, -0.15) is 0 Å². The van der Waals surface area contributed by atoms with Crippen molar-refractivity contribution in [1.82, 2.24) is 5.32 Å². The zero-order valence-corrected chi connectivity index (χ0v) is 17.7. The van der Waals surface area contributed by atoms with Crippen molar-refractivity contribution in [2.75, 3.05) is 32.9 Å². The number of hydrogen-bond acceptors (Lipinski definition) is 4. The van der Waals surface area contributed by atoms with Crippen molar-refractivity contribution < 1.29 is 14.9 Å². The first kappa shape index (κ1) is 25.8. The Labute approximate surface area is 163 Å². The third-order valence-corrected chi connectivity index (χ3v) is 5.16. The fourth-order valence-electron chi connectivity index (χ4n) is 3.12. The Kier molecular flexibility index (Phi) is 21.0. The van der Waals surface area contributed by atoms with Crippen LogP contribution in [0, 0.1) is 5.92 Å². The van der Waals surface area contributed by atoms with Crippen LogP contribution in [0.25, 0.3) is 0 Å². The number of aliphatic hydroxyl groups excluding tert-OH is 2. The second kappa shape index (κ2) is 21.1. The molecule has 2 atom stereocenters. The van der Waals surface area contributed by atoms with Crippen molar-refractivity contribution in [3.63, 3.8) is 0 Å². The van der Waals surface area contributed by atoms with Crippen LogP contribution in [-0.4, -0.2) is 49.2 Å². The first-order chi connectivity index (χ1) is 12.7. The van der Waals surface area contributed by atoms with Crippen LogP contribution in [0.5, 0.6) is 0 Å². The number of hydrogen-bond donors (Lipinski definition) is 3. The Bertz CT molecular complexity index is 264. The van der Waals surface area contributed by atoms with Crippen molar-refractivity contribution in [3.05, 3.63) is 0 Å². The summed E-state index contributed by atoms with van der Waals surface area (Å²) in [5.74, 6) is 0.916. The molecule has 4 nitrogen and oxygen atoms in total. The summed E-state index contributed by atoms with van der Waals surface area (Å²) in [5.41, 5.74) is 0. The van der Waals surface area contributed by atoms with Gasteiger partial charge in [0.05, 0.1) is 19.3 Å². The number of nitrogens with one attached hydrogen (secondary N) is 1. The van der Waals surface area contributed by atoms with Crippen LogP contribution in [0.15, 0.2) is 0 Å². The topological polar surface area (TPSA) is 61.7 Å². The Hall–Kier alpha value is -0.160.